The van der Waals surface area contributed by atoms with Gasteiger partial charge in [0.05, 0.1) is 29.3 Å². The fraction of sp³-hybridized carbons (Fsp3) is 0.304. The average Bonchev–Trinajstić information content (AvgIpc) is 3.30. The Balaban J connectivity index is 1.40. The number of nitrogen functional groups attached to an aromatic ring is 2. The van der Waals surface area contributed by atoms with Gasteiger partial charge in [-0.25, -0.2) is 14.4 Å². The number of nitrogens with zero attached hydrogens (tertiary/aromatic N) is 3. The van der Waals surface area contributed by atoms with Crippen LogP contribution >= 0.6 is 11.6 Å². The molecule has 0 radical (unpaired) electrons. The molecular weight excluding hydrogens is 449 g/mol. The number of hydrogen-bond acceptors (Lipinski definition) is 7. The van der Waals surface area contributed by atoms with Gasteiger partial charge in [-0.1, -0.05) is 18.5 Å². The van der Waals surface area contributed by atoms with Crippen LogP contribution in [0.15, 0.2) is 42.7 Å². The average molecular weight is 472 g/mol. The first-order valence-electron chi connectivity index (χ1n) is 10.4. The summed E-state index contributed by atoms with van der Waals surface area (Å²) in [5.74, 6) is -0.214. The molecule has 1 aliphatic rings. The lowest BCUT2D eigenvalue weighted by Gasteiger charge is -2.28. The highest BCUT2D eigenvalue weighted by Gasteiger charge is 2.51. The molecule has 0 spiro atoms. The van der Waals surface area contributed by atoms with Gasteiger partial charge in [-0.3, -0.25) is 0 Å². The summed E-state index contributed by atoms with van der Waals surface area (Å²) in [6.07, 6.45) is 1.71. The van der Waals surface area contributed by atoms with E-state index in [9.17, 15) is 14.6 Å². The number of ether oxygens (including phenoxy) is 1. The van der Waals surface area contributed by atoms with Gasteiger partial charge in [0.15, 0.2) is 0 Å². The van der Waals surface area contributed by atoms with E-state index in [-0.39, 0.29) is 28.6 Å². The summed E-state index contributed by atoms with van der Waals surface area (Å²) >= 11 is 5.95. The number of aromatic nitrogens is 3. The summed E-state index contributed by atoms with van der Waals surface area (Å²) in [6.45, 7) is 1.87. The molecule has 10 heteroatoms. The zero-order valence-electron chi connectivity index (χ0n) is 17.7. The summed E-state index contributed by atoms with van der Waals surface area (Å²) in [5, 5.41) is 22.9. The smallest absolute Gasteiger partial charge is 0.142 e. The van der Waals surface area contributed by atoms with E-state index >= 15 is 0 Å². The SMILES string of the molecule is C[C@]1(COc2cc(F)c3cc(Cl)c(N)nc3c2)C[C@@H](n2ccc3c(N)ccnc32)[C@H](O)[C@@H]1O. The second-order valence-electron chi connectivity index (χ2n) is 8.84. The first kappa shape index (κ1) is 21.7. The molecule has 1 fully saturated rings. The Morgan fingerprint density at radius 1 is 1.24 bits per heavy atom. The molecule has 33 heavy (non-hydrogen) atoms. The molecule has 8 nitrogen and oxygen atoms in total. The fourth-order valence-electron chi connectivity index (χ4n) is 4.63. The zero-order chi connectivity index (χ0) is 23.5. The van der Waals surface area contributed by atoms with Crippen molar-refractivity contribution < 1.29 is 19.3 Å². The van der Waals surface area contributed by atoms with Gasteiger partial charge in [-0.05, 0) is 24.6 Å². The Morgan fingerprint density at radius 3 is 2.82 bits per heavy atom. The van der Waals surface area contributed by atoms with Crippen LogP contribution in [0.25, 0.3) is 21.9 Å². The molecule has 0 unspecified atom stereocenters. The lowest BCUT2D eigenvalue weighted by molar-refractivity contribution is -0.0364. The van der Waals surface area contributed by atoms with Crippen molar-refractivity contribution in [1.29, 1.82) is 0 Å². The van der Waals surface area contributed by atoms with Crippen LogP contribution in [0.3, 0.4) is 0 Å². The van der Waals surface area contributed by atoms with Crippen LogP contribution in [0.4, 0.5) is 15.9 Å². The third-order valence-corrected chi connectivity index (χ3v) is 6.82. The van der Waals surface area contributed by atoms with Gasteiger partial charge in [0.2, 0.25) is 0 Å². The molecule has 0 aliphatic heterocycles. The van der Waals surface area contributed by atoms with Crippen molar-refractivity contribution in [1.82, 2.24) is 14.5 Å². The summed E-state index contributed by atoms with van der Waals surface area (Å²) in [5.41, 5.74) is 12.5. The number of halogens is 2. The van der Waals surface area contributed by atoms with Gasteiger partial charge in [0.25, 0.3) is 0 Å². The van der Waals surface area contributed by atoms with Crippen molar-refractivity contribution in [3.8, 4) is 5.75 Å². The predicted molar refractivity (Wildman–Crippen MR) is 125 cm³/mol. The maximum Gasteiger partial charge on any atom is 0.142 e. The van der Waals surface area contributed by atoms with Crippen molar-refractivity contribution in [2.24, 2.45) is 5.41 Å². The molecule has 4 atom stereocenters. The summed E-state index contributed by atoms with van der Waals surface area (Å²) < 4.78 is 22.3. The maximum absolute atomic E-state index is 14.6. The highest BCUT2D eigenvalue weighted by Crippen LogP contribution is 2.46. The number of rotatable bonds is 4. The largest absolute Gasteiger partial charge is 0.493 e. The van der Waals surface area contributed by atoms with E-state index in [2.05, 4.69) is 9.97 Å². The molecule has 0 bridgehead atoms. The highest BCUT2D eigenvalue weighted by atomic mass is 35.5. The molecule has 1 aliphatic carbocycles. The second-order valence-corrected chi connectivity index (χ2v) is 9.24. The molecule has 5 rings (SSSR count). The minimum absolute atomic E-state index is 0.0461. The molecule has 0 amide bonds. The van der Waals surface area contributed by atoms with Crippen LogP contribution in [-0.4, -0.2) is 43.6 Å². The topological polar surface area (TPSA) is 132 Å². The summed E-state index contributed by atoms with van der Waals surface area (Å²) in [6, 6.07) is 7.34. The van der Waals surface area contributed by atoms with Gasteiger partial charge in [0.1, 0.15) is 29.1 Å². The molecule has 6 N–H and O–H groups in total. The van der Waals surface area contributed by atoms with Crippen LogP contribution in [0, 0.1) is 11.2 Å². The molecule has 172 valence electrons. The third kappa shape index (κ3) is 3.52. The second kappa shape index (κ2) is 7.72. The van der Waals surface area contributed by atoms with E-state index in [1.54, 1.807) is 24.5 Å². The lowest BCUT2D eigenvalue weighted by atomic mass is 9.87. The molecule has 1 aromatic carbocycles. The number of nitrogens with two attached hydrogens (primary N) is 2. The molecule has 3 aromatic heterocycles. The number of benzene rings is 1. The van der Waals surface area contributed by atoms with Crippen molar-refractivity contribution in [3.05, 3.63) is 53.6 Å². The van der Waals surface area contributed by atoms with Gasteiger partial charge < -0.3 is 31.0 Å². The van der Waals surface area contributed by atoms with Gasteiger partial charge in [-0.2, -0.15) is 0 Å². The van der Waals surface area contributed by atoms with Gasteiger partial charge >= 0.3 is 0 Å². The standard InChI is InChI=1S/C23H23ClFN5O3/c1-23(10-33-11-6-15(25)13-8-14(24)21(27)29-17(13)7-11)9-18(19(31)20(23)32)30-5-3-12-16(26)2-4-28-22(12)30/h2-8,18-20,31-32H,9-10H2,1H3,(H2,26,28)(H2,27,29)/t18-,19+,20+,23-/m1/s1. The monoisotopic (exact) mass is 471 g/mol. The van der Waals surface area contributed by atoms with Crippen LogP contribution in [0.2, 0.25) is 5.02 Å². The van der Waals surface area contributed by atoms with Crippen LogP contribution < -0.4 is 16.2 Å². The van der Waals surface area contributed by atoms with Crippen molar-refractivity contribution in [2.45, 2.75) is 31.6 Å². The minimum Gasteiger partial charge on any atom is -0.493 e. The van der Waals surface area contributed by atoms with Crippen molar-refractivity contribution in [3.63, 3.8) is 0 Å². The Hall–Kier alpha value is -3.14. The van der Waals surface area contributed by atoms with E-state index in [1.165, 1.54) is 12.1 Å². The quantitative estimate of drug-likeness (QED) is 0.359. The van der Waals surface area contributed by atoms with Gasteiger partial charge in [-0.15, -0.1) is 0 Å². The lowest BCUT2D eigenvalue weighted by Crippen LogP contribution is -2.38. The Morgan fingerprint density at radius 2 is 2.03 bits per heavy atom. The molecule has 1 saturated carbocycles. The van der Waals surface area contributed by atoms with Gasteiger partial charge in [0, 0.05) is 46.4 Å². The van der Waals surface area contributed by atoms with E-state index in [0.717, 1.165) is 5.39 Å². The maximum atomic E-state index is 14.6. The van der Waals surface area contributed by atoms with Crippen molar-refractivity contribution >= 4 is 45.0 Å². The number of aliphatic hydroxyl groups is 2. The zero-order valence-corrected chi connectivity index (χ0v) is 18.5. The van der Waals surface area contributed by atoms with Crippen molar-refractivity contribution in [2.75, 3.05) is 18.1 Å². The highest BCUT2D eigenvalue weighted by molar-refractivity contribution is 6.33. The van der Waals surface area contributed by atoms with Crippen LogP contribution in [0.1, 0.15) is 19.4 Å². The van der Waals surface area contributed by atoms with E-state index in [1.807, 2.05) is 17.6 Å². The Bertz CT molecular complexity index is 1380. The predicted octanol–water partition coefficient (Wildman–Crippen LogP) is 3.29. The molecule has 0 saturated heterocycles. The molecular formula is C23H23ClFN5O3. The number of aliphatic hydroxyl groups excluding tert-OH is 2. The molecule has 4 aromatic rings. The first-order valence-corrected chi connectivity index (χ1v) is 10.8. The van der Waals surface area contributed by atoms with E-state index in [0.29, 0.717) is 23.3 Å². The fourth-order valence-corrected chi connectivity index (χ4v) is 4.78. The minimum atomic E-state index is -1.07. The van der Waals surface area contributed by atoms with Crippen LogP contribution in [-0.2, 0) is 0 Å². The Kier molecular flexibility index (Phi) is 5.08. The first-order chi connectivity index (χ1) is 15.7. The number of pyridine rings is 2. The number of anilines is 2. The normalized spacial score (nSPS) is 25.2. The summed E-state index contributed by atoms with van der Waals surface area (Å²) in [7, 11) is 0. The number of hydrogen-bond donors (Lipinski definition) is 4. The van der Waals surface area contributed by atoms with E-state index in [4.69, 9.17) is 27.8 Å². The Labute approximate surface area is 193 Å². The summed E-state index contributed by atoms with van der Waals surface area (Å²) in [4.78, 5) is 8.51. The van der Waals surface area contributed by atoms with Crippen LogP contribution in [0.5, 0.6) is 5.75 Å². The molecule has 3 heterocycles. The number of fused-ring (bicyclic) bond motifs is 2. The van der Waals surface area contributed by atoms with E-state index < -0.39 is 29.5 Å². The third-order valence-electron chi connectivity index (χ3n) is 6.52.